The van der Waals surface area contributed by atoms with Crippen molar-refractivity contribution >= 4 is 29.3 Å². The number of nitrogen functional groups attached to an aromatic ring is 1. The summed E-state index contributed by atoms with van der Waals surface area (Å²) in [5.41, 5.74) is 8.75. The molecule has 7 nitrogen and oxygen atoms in total. The monoisotopic (exact) mass is 528 g/mol. The van der Waals surface area contributed by atoms with E-state index in [9.17, 15) is 9.59 Å². The summed E-state index contributed by atoms with van der Waals surface area (Å²) in [5, 5.41) is 0. The molecular formula is C29H40N2O5S. The average Bonchev–Trinajstić information content (AvgIpc) is 2.89. The highest BCUT2D eigenvalue weighted by Gasteiger charge is 2.42. The van der Waals surface area contributed by atoms with Gasteiger partial charge in [-0.3, -0.25) is 9.69 Å². The molecule has 8 heteroatoms. The Morgan fingerprint density at radius 1 is 1.03 bits per heavy atom. The number of rotatable bonds is 11. The standard InChI is InChI=1S/C29H40N2O5S/c1-6-31(18-37-15-14-23-10-8-7-9-11-23)29(33)34-17-24-12-13-26(25(30)16-24)35-28-21(4)19(2)20(3)27(36-28)22(5)32/h7-13,16,19-21,27-28H,6,14-15,17-18,30H2,1-5H3/t19-,20?,21-,27?,28?/m0/s1. The number of thioether (sulfide) groups is 1. The van der Waals surface area contributed by atoms with Crippen LogP contribution in [0.4, 0.5) is 10.5 Å². The van der Waals surface area contributed by atoms with Gasteiger partial charge in [0.1, 0.15) is 18.5 Å². The van der Waals surface area contributed by atoms with Crippen LogP contribution in [0.2, 0.25) is 0 Å². The minimum atomic E-state index is -0.566. The zero-order valence-electron chi connectivity index (χ0n) is 22.5. The second-order valence-electron chi connectivity index (χ2n) is 9.79. The number of amides is 1. The molecule has 1 fully saturated rings. The van der Waals surface area contributed by atoms with Crippen LogP contribution in [-0.4, -0.2) is 47.3 Å². The van der Waals surface area contributed by atoms with Crippen LogP contribution in [0.15, 0.2) is 48.5 Å². The van der Waals surface area contributed by atoms with Gasteiger partial charge in [0.25, 0.3) is 0 Å². The van der Waals surface area contributed by atoms with Crippen LogP contribution in [0.5, 0.6) is 5.75 Å². The number of hydrogen-bond donors (Lipinski definition) is 1. The predicted octanol–water partition coefficient (Wildman–Crippen LogP) is 5.76. The van der Waals surface area contributed by atoms with E-state index in [1.165, 1.54) is 5.56 Å². The lowest BCUT2D eigenvalue weighted by atomic mass is 9.78. The van der Waals surface area contributed by atoms with Crippen molar-refractivity contribution in [2.75, 3.05) is 23.9 Å². The number of carbonyl (C=O) groups is 2. The number of benzene rings is 2. The Kier molecular flexibility index (Phi) is 10.7. The van der Waals surface area contributed by atoms with Gasteiger partial charge in [-0.05, 0) is 61.1 Å². The van der Waals surface area contributed by atoms with Crippen LogP contribution in [0.3, 0.4) is 0 Å². The summed E-state index contributed by atoms with van der Waals surface area (Å²) in [6, 6.07) is 15.6. The molecule has 0 saturated carbocycles. The molecule has 2 aromatic carbocycles. The average molecular weight is 529 g/mol. The third-order valence-electron chi connectivity index (χ3n) is 7.19. The van der Waals surface area contributed by atoms with Gasteiger partial charge >= 0.3 is 6.09 Å². The molecule has 1 saturated heterocycles. The van der Waals surface area contributed by atoms with Gasteiger partial charge in [0, 0.05) is 12.5 Å². The lowest BCUT2D eigenvalue weighted by molar-refractivity contribution is -0.209. The Morgan fingerprint density at radius 2 is 1.76 bits per heavy atom. The highest BCUT2D eigenvalue weighted by Crippen LogP contribution is 2.37. The molecule has 202 valence electrons. The molecule has 5 atom stereocenters. The maximum absolute atomic E-state index is 12.6. The minimum absolute atomic E-state index is 0.000651. The van der Waals surface area contributed by atoms with Gasteiger partial charge in [0.15, 0.2) is 5.78 Å². The first-order chi connectivity index (χ1) is 17.7. The Balaban J connectivity index is 1.49. The first kappa shape index (κ1) is 28.9. The molecule has 1 aliphatic rings. The van der Waals surface area contributed by atoms with Crippen molar-refractivity contribution in [1.82, 2.24) is 4.90 Å². The largest absolute Gasteiger partial charge is 0.462 e. The number of ketones is 1. The smallest absolute Gasteiger partial charge is 0.410 e. The van der Waals surface area contributed by atoms with Crippen molar-refractivity contribution in [2.24, 2.45) is 17.8 Å². The van der Waals surface area contributed by atoms with E-state index in [2.05, 4.69) is 26.0 Å². The summed E-state index contributed by atoms with van der Waals surface area (Å²) in [4.78, 5) is 26.3. The molecular weight excluding hydrogens is 488 g/mol. The Labute approximate surface area is 225 Å². The molecule has 2 N–H and O–H groups in total. The molecule has 37 heavy (non-hydrogen) atoms. The number of hydrogen-bond acceptors (Lipinski definition) is 7. The quantitative estimate of drug-likeness (QED) is 0.225. The van der Waals surface area contributed by atoms with Crippen molar-refractivity contribution in [3.63, 3.8) is 0 Å². The van der Waals surface area contributed by atoms with E-state index in [1.807, 2.05) is 38.1 Å². The zero-order valence-corrected chi connectivity index (χ0v) is 23.3. The molecule has 0 aliphatic carbocycles. The summed E-state index contributed by atoms with van der Waals surface area (Å²) in [6.07, 6.45) is -0.446. The highest BCUT2D eigenvalue weighted by atomic mass is 32.2. The number of Topliss-reactive ketones (excluding diaryl/α,β-unsaturated/α-hetero) is 1. The van der Waals surface area contributed by atoms with Crippen molar-refractivity contribution in [3.8, 4) is 5.75 Å². The van der Waals surface area contributed by atoms with Gasteiger partial charge in [-0.25, -0.2) is 4.79 Å². The SMILES string of the molecule is CCN(CSCCc1ccccc1)C(=O)OCc1ccc(OC2OC(C(C)=O)C(C)[C@H](C)[C@@H]2C)c(N)c1. The van der Waals surface area contributed by atoms with E-state index in [-0.39, 0.29) is 36.2 Å². The predicted molar refractivity (Wildman–Crippen MR) is 148 cm³/mol. The van der Waals surface area contributed by atoms with Crippen LogP contribution >= 0.6 is 11.8 Å². The van der Waals surface area contributed by atoms with Gasteiger partial charge in [-0.1, -0.05) is 57.2 Å². The highest BCUT2D eigenvalue weighted by molar-refractivity contribution is 7.99. The van der Waals surface area contributed by atoms with E-state index in [0.717, 1.165) is 17.7 Å². The number of nitrogens with two attached hydrogens (primary N) is 1. The molecule has 0 bridgehead atoms. The van der Waals surface area contributed by atoms with Crippen molar-refractivity contribution in [3.05, 3.63) is 59.7 Å². The molecule has 0 aromatic heterocycles. The summed E-state index contributed by atoms with van der Waals surface area (Å²) in [7, 11) is 0. The zero-order chi connectivity index (χ0) is 26.9. The fourth-order valence-corrected chi connectivity index (χ4v) is 5.45. The summed E-state index contributed by atoms with van der Waals surface area (Å²) < 4.78 is 17.7. The molecule has 1 aliphatic heterocycles. The number of aryl methyl sites for hydroxylation is 1. The van der Waals surface area contributed by atoms with Crippen molar-refractivity contribution in [1.29, 1.82) is 0 Å². The van der Waals surface area contributed by atoms with E-state index < -0.39 is 12.4 Å². The second kappa shape index (κ2) is 13.7. The Hall–Kier alpha value is -2.71. The van der Waals surface area contributed by atoms with E-state index in [4.69, 9.17) is 19.9 Å². The molecule has 1 amide bonds. The van der Waals surface area contributed by atoms with E-state index in [0.29, 0.717) is 23.9 Å². The van der Waals surface area contributed by atoms with Crippen molar-refractivity contribution < 1.29 is 23.8 Å². The van der Waals surface area contributed by atoms with Gasteiger partial charge in [0.2, 0.25) is 6.29 Å². The molecule has 1 heterocycles. The Bertz CT molecular complexity index is 1030. The van der Waals surface area contributed by atoms with Crippen LogP contribution in [0.25, 0.3) is 0 Å². The molecule has 3 rings (SSSR count). The first-order valence-corrected chi connectivity index (χ1v) is 14.1. The van der Waals surface area contributed by atoms with Gasteiger partial charge in [0.05, 0.1) is 11.6 Å². The molecule has 0 radical (unpaired) electrons. The first-order valence-electron chi connectivity index (χ1n) is 13.0. The van der Waals surface area contributed by atoms with E-state index in [1.54, 1.807) is 35.7 Å². The second-order valence-corrected chi connectivity index (χ2v) is 10.9. The summed E-state index contributed by atoms with van der Waals surface area (Å²) in [6.45, 7) is 10.4. The summed E-state index contributed by atoms with van der Waals surface area (Å²) in [5.74, 6) is 2.46. The lowest BCUT2D eigenvalue weighted by Crippen LogP contribution is -2.49. The number of nitrogens with zero attached hydrogens (tertiary/aromatic N) is 1. The van der Waals surface area contributed by atoms with Crippen LogP contribution in [0.1, 0.15) is 45.7 Å². The molecule has 0 spiro atoms. The third-order valence-corrected chi connectivity index (χ3v) is 8.18. The lowest BCUT2D eigenvalue weighted by Gasteiger charge is -2.42. The topological polar surface area (TPSA) is 91.1 Å². The third kappa shape index (κ3) is 7.89. The normalized spacial score (nSPS) is 23.3. The minimum Gasteiger partial charge on any atom is -0.462 e. The van der Waals surface area contributed by atoms with Crippen molar-refractivity contribution in [2.45, 2.75) is 60.0 Å². The fourth-order valence-electron chi connectivity index (χ4n) is 4.43. The maximum Gasteiger partial charge on any atom is 0.410 e. The van der Waals surface area contributed by atoms with Crippen LogP contribution < -0.4 is 10.5 Å². The fraction of sp³-hybridized carbons (Fsp3) is 0.517. The Morgan fingerprint density at radius 3 is 2.41 bits per heavy atom. The van der Waals surface area contributed by atoms with Gasteiger partial charge in [-0.15, -0.1) is 11.8 Å². The maximum atomic E-state index is 12.6. The number of ether oxygens (including phenoxy) is 3. The number of carbonyl (C=O) groups excluding carboxylic acids is 2. The van der Waals surface area contributed by atoms with E-state index >= 15 is 0 Å². The van der Waals surface area contributed by atoms with Gasteiger partial charge < -0.3 is 19.9 Å². The molecule has 2 aromatic rings. The van der Waals surface area contributed by atoms with Crippen LogP contribution in [0, 0.1) is 17.8 Å². The van der Waals surface area contributed by atoms with Crippen LogP contribution in [-0.2, 0) is 27.3 Å². The summed E-state index contributed by atoms with van der Waals surface area (Å²) >= 11 is 1.71. The molecule has 3 unspecified atom stereocenters. The number of anilines is 1. The van der Waals surface area contributed by atoms with Gasteiger partial charge in [-0.2, -0.15) is 0 Å².